The Morgan fingerprint density at radius 1 is 0.875 bits per heavy atom. The van der Waals surface area contributed by atoms with E-state index in [0.717, 1.165) is 12.1 Å². The van der Waals surface area contributed by atoms with Crippen LogP contribution in [0.2, 0.25) is 0 Å². The van der Waals surface area contributed by atoms with Crippen molar-refractivity contribution in [3.8, 4) is 11.1 Å². The maximum absolute atomic E-state index is 13.2. The first-order chi connectivity index (χ1) is 14.7. The summed E-state index contributed by atoms with van der Waals surface area (Å²) in [5, 5.41) is 0.676. The van der Waals surface area contributed by atoms with E-state index < -0.39 is 21.6 Å². The summed E-state index contributed by atoms with van der Waals surface area (Å²) in [5.41, 5.74) is 7.05. The van der Waals surface area contributed by atoms with Crippen LogP contribution in [0, 0.1) is 0 Å². The molecule has 4 nitrogen and oxygen atoms in total. The summed E-state index contributed by atoms with van der Waals surface area (Å²) in [7, 11) is -3.82. The smallest absolute Gasteiger partial charge is 0.345 e. The number of sulfone groups is 1. The van der Waals surface area contributed by atoms with E-state index in [0.29, 0.717) is 34.0 Å². The molecule has 0 radical (unpaired) electrons. The maximum atomic E-state index is 13.2. The van der Waals surface area contributed by atoms with Gasteiger partial charge >= 0.3 is 6.18 Å². The van der Waals surface area contributed by atoms with Gasteiger partial charge < -0.3 is 10.7 Å². The Morgan fingerprint density at radius 2 is 1.56 bits per heavy atom. The van der Waals surface area contributed by atoms with Crippen LogP contribution in [0.3, 0.4) is 0 Å². The highest BCUT2D eigenvalue weighted by molar-refractivity contribution is 7.91. The Hall–Kier alpha value is -2.81. The molecule has 0 atom stereocenters. The van der Waals surface area contributed by atoms with Gasteiger partial charge in [-0.05, 0) is 66.1 Å². The quantitative estimate of drug-likeness (QED) is 0.390. The van der Waals surface area contributed by atoms with Crippen LogP contribution in [0.25, 0.3) is 22.0 Å². The number of nitrogens with one attached hydrogen (secondary N) is 1. The average Bonchev–Trinajstić information content (AvgIpc) is 3.13. The maximum Gasteiger partial charge on any atom is 0.416 e. The van der Waals surface area contributed by atoms with Gasteiger partial charge in [0.2, 0.25) is 9.84 Å². The number of nitrogens with two attached hydrogens (primary N) is 1. The zero-order chi connectivity index (χ0) is 22.2. The van der Waals surface area contributed by atoms with Gasteiger partial charge in [0.05, 0.1) is 10.5 Å². The highest BCUT2D eigenvalue weighted by Crippen LogP contribution is 2.35. The number of hydrogen-bond acceptors (Lipinski definition) is 3. The molecule has 9 heteroatoms. The average molecular weight is 481 g/mol. The van der Waals surface area contributed by atoms with Gasteiger partial charge in [-0.1, -0.05) is 36.4 Å². The molecule has 4 aromatic rings. The van der Waals surface area contributed by atoms with Gasteiger partial charge in [0.15, 0.2) is 0 Å². The molecule has 0 unspecified atom stereocenters. The predicted molar refractivity (Wildman–Crippen MR) is 121 cm³/mol. The lowest BCUT2D eigenvalue weighted by molar-refractivity contribution is -0.137. The number of fused-ring (bicyclic) bond motifs is 1. The topological polar surface area (TPSA) is 76.0 Å². The minimum absolute atomic E-state index is 0. The summed E-state index contributed by atoms with van der Waals surface area (Å²) in [5.74, 6) is 0. The van der Waals surface area contributed by atoms with E-state index in [4.69, 9.17) is 5.73 Å². The number of hydrogen-bond donors (Lipinski definition) is 2. The lowest BCUT2D eigenvalue weighted by Crippen LogP contribution is -2.09. The molecule has 0 spiro atoms. The molecule has 0 fully saturated rings. The lowest BCUT2D eigenvalue weighted by atomic mass is 10.00. The Kier molecular flexibility index (Phi) is 6.69. The molecule has 0 aliphatic carbocycles. The zero-order valence-corrected chi connectivity index (χ0v) is 18.3. The van der Waals surface area contributed by atoms with E-state index in [1.807, 2.05) is 0 Å². The van der Waals surface area contributed by atoms with Crippen molar-refractivity contribution >= 4 is 33.1 Å². The summed E-state index contributed by atoms with van der Waals surface area (Å²) < 4.78 is 65.8. The van der Waals surface area contributed by atoms with E-state index in [1.54, 1.807) is 42.5 Å². The minimum Gasteiger partial charge on any atom is -0.345 e. The molecule has 32 heavy (non-hydrogen) atoms. The second-order valence-electron chi connectivity index (χ2n) is 7.13. The fraction of sp³-hybridized carbons (Fsp3) is 0.130. The third kappa shape index (κ3) is 4.39. The summed E-state index contributed by atoms with van der Waals surface area (Å²) in [4.78, 5) is 3.13. The number of halogens is 4. The van der Waals surface area contributed by atoms with Gasteiger partial charge in [0.1, 0.15) is 5.03 Å². The molecule has 0 amide bonds. The molecule has 0 saturated carbocycles. The van der Waals surface area contributed by atoms with Crippen LogP contribution in [-0.2, 0) is 22.4 Å². The normalized spacial score (nSPS) is 12.0. The third-order valence-electron chi connectivity index (χ3n) is 5.11. The van der Waals surface area contributed by atoms with Gasteiger partial charge in [-0.25, -0.2) is 8.42 Å². The zero-order valence-electron chi connectivity index (χ0n) is 16.7. The van der Waals surface area contributed by atoms with Crippen LogP contribution < -0.4 is 5.73 Å². The van der Waals surface area contributed by atoms with E-state index in [-0.39, 0.29) is 28.9 Å². The molecule has 3 N–H and O–H groups in total. The van der Waals surface area contributed by atoms with E-state index >= 15 is 0 Å². The van der Waals surface area contributed by atoms with Gasteiger partial charge in [-0.2, -0.15) is 13.2 Å². The van der Waals surface area contributed by atoms with E-state index in [2.05, 4.69) is 4.98 Å². The van der Waals surface area contributed by atoms with Crippen molar-refractivity contribution in [2.24, 2.45) is 5.73 Å². The fourth-order valence-corrected chi connectivity index (χ4v) is 5.15. The Bertz CT molecular complexity index is 1350. The minimum atomic E-state index is -4.45. The Morgan fingerprint density at radius 3 is 2.22 bits per heavy atom. The van der Waals surface area contributed by atoms with Crippen LogP contribution in [0.1, 0.15) is 11.1 Å². The van der Waals surface area contributed by atoms with Crippen LogP contribution in [-0.4, -0.2) is 19.9 Å². The third-order valence-corrected chi connectivity index (χ3v) is 6.89. The molecule has 4 rings (SSSR count). The van der Waals surface area contributed by atoms with E-state index in [1.165, 1.54) is 18.2 Å². The highest BCUT2D eigenvalue weighted by Gasteiger charge is 2.30. The molecule has 168 valence electrons. The molecule has 0 saturated heterocycles. The second kappa shape index (κ2) is 8.97. The largest absolute Gasteiger partial charge is 0.416 e. The number of H-pyrrole nitrogens is 1. The van der Waals surface area contributed by atoms with Crippen molar-refractivity contribution in [2.45, 2.75) is 22.5 Å². The molecular weight excluding hydrogens is 461 g/mol. The van der Waals surface area contributed by atoms with Gasteiger partial charge in [0.25, 0.3) is 0 Å². The van der Waals surface area contributed by atoms with Gasteiger partial charge in [0, 0.05) is 10.9 Å². The van der Waals surface area contributed by atoms with Crippen molar-refractivity contribution in [3.05, 3.63) is 83.9 Å². The molecule has 0 aliphatic heterocycles. The molecule has 3 aromatic carbocycles. The predicted octanol–water partition coefficient (Wildman–Crippen LogP) is 5.61. The molecule has 0 bridgehead atoms. The fourth-order valence-electron chi connectivity index (χ4n) is 3.62. The monoisotopic (exact) mass is 480 g/mol. The van der Waals surface area contributed by atoms with Crippen molar-refractivity contribution in [3.63, 3.8) is 0 Å². The van der Waals surface area contributed by atoms with Crippen molar-refractivity contribution in [2.75, 3.05) is 6.54 Å². The van der Waals surface area contributed by atoms with Gasteiger partial charge in [-0.3, -0.25) is 0 Å². The molecule has 0 aliphatic rings. The van der Waals surface area contributed by atoms with Crippen LogP contribution >= 0.6 is 12.4 Å². The van der Waals surface area contributed by atoms with Crippen molar-refractivity contribution in [1.82, 2.24) is 4.98 Å². The summed E-state index contributed by atoms with van der Waals surface area (Å²) in [6.07, 6.45) is -4.15. The standard InChI is InChI=1S/C23H19F3N2O2S.ClH/c24-23(25,26)17-6-4-5-15(13-17)16-9-10-21-20(14-16)19(11-12-27)22(28-21)31(29,30)18-7-2-1-3-8-18;/h1-10,13-14,28H,11-12,27H2;1H. The SMILES string of the molecule is Cl.NCCc1c(S(=O)(=O)c2ccccc2)[nH]c2ccc(-c3cccc(C(F)(F)F)c3)cc12. The number of aromatic amines is 1. The van der Waals surface area contributed by atoms with E-state index in [9.17, 15) is 21.6 Å². The summed E-state index contributed by atoms with van der Waals surface area (Å²) >= 11 is 0. The van der Waals surface area contributed by atoms with Crippen LogP contribution in [0.5, 0.6) is 0 Å². The number of alkyl halides is 3. The first-order valence-electron chi connectivity index (χ1n) is 9.54. The van der Waals surface area contributed by atoms with Crippen molar-refractivity contribution < 1.29 is 21.6 Å². The number of aromatic nitrogens is 1. The lowest BCUT2D eigenvalue weighted by Gasteiger charge is -2.09. The number of benzene rings is 3. The highest BCUT2D eigenvalue weighted by atomic mass is 35.5. The number of rotatable bonds is 5. The molecule has 1 aromatic heterocycles. The Labute approximate surface area is 189 Å². The van der Waals surface area contributed by atoms with Crippen LogP contribution in [0.4, 0.5) is 13.2 Å². The molecular formula is C23H20ClF3N2O2S. The summed E-state index contributed by atoms with van der Waals surface area (Å²) in [6, 6.07) is 18.1. The van der Waals surface area contributed by atoms with Gasteiger partial charge in [-0.15, -0.1) is 12.4 Å². The molecule has 1 heterocycles. The summed E-state index contributed by atoms with van der Waals surface area (Å²) in [6.45, 7) is 0.220. The first-order valence-corrected chi connectivity index (χ1v) is 11.0. The first kappa shape index (κ1) is 23.8. The van der Waals surface area contributed by atoms with Crippen LogP contribution in [0.15, 0.2) is 82.7 Å². The Balaban J connectivity index is 0.00000289. The second-order valence-corrected chi connectivity index (χ2v) is 9.01. The van der Waals surface area contributed by atoms with Crippen molar-refractivity contribution in [1.29, 1.82) is 0 Å².